The number of hydrogen-bond donors (Lipinski definition) is 2. The van der Waals surface area contributed by atoms with Crippen LogP contribution in [0.15, 0.2) is 36.4 Å². The van der Waals surface area contributed by atoms with Crippen LogP contribution in [-0.4, -0.2) is 45.6 Å². The van der Waals surface area contributed by atoms with Gasteiger partial charge in [-0.2, -0.15) is 5.10 Å². The van der Waals surface area contributed by atoms with Crippen molar-refractivity contribution >= 4 is 11.8 Å². The highest BCUT2D eigenvalue weighted by Crippen LogP contribution is 2.16. The summed E-state index contributed by atoms with van der Waals surface area (Å²) in [4.78, 5) is 26.5. The first-order valence-corrected chi connectivity index (χ1v) is 8.59. The van der Waals surface area contributed by atoms with Crippen molar-refractivity contribution in [2.45, 2.75) is 32.1 Å². The van der Waals surface area contributed by atoms with Crippen LogP contribution in [0.4, 0.5) is 0 Å². The quantitative estimate of drug-likeness (QED) is 0.851. The van der Waals surface area contributed by atoms with Gasteiger partial charge in [0.1, 0.15) is 0 Å². The van der Waals surface area contributed by atoms with Crippen molar-refractivity contribution in [3.63, 3.8) is 0 Å². The first kappa shape index (κ1) is 15.8. The molecule has 0 bridgehead atoms. The zero-order valence-corrected chi connectivity index (χ0v) is 13.9. The predicted molar refractivity (Wildman–Crippen MR) is 91.7 cm³/mol. The Balaban J connectivity index is 1.37. The van der Waals surface area contributed by atoms with Crippen LogP contribution in [-0.2, 0) is 24.4 Å². The molecule has 2 aliphatic rings. The van der Waals surface area contributed by atoms with Crippen molar-refractivity contribution in [2.75, 3.05) is 13.1 Å². The minimum absolute atomic E-state index is 0.0717. The van der Waals surface area contributed by atoms with E-state index < -0.39 is 0 Å². The number of nitrogens with one attached hydrogen (secondary N) is 2. The lowest BCUT2D eigenvalue weighted by molar-refractivity contribution is -0.128. The fraction of sp³-hybridized carbons (Fsp3) is 0.389. The second-order valence-electron chi connectivity index (χ2n) is 6.56. The lowest BCUT2D eigenvalue weighted by Gasteiger charge is -2.17. The molecule has 2 amide bonds. The second-order valence-corrected chi connectivity index (χ2v) is 6.56. The summed E-state index contributed by atoms with van der Waals surface area (Å²) in [6.07, 6.45) is 0.341. The SMILES string of the molecule is O=C(N[C@H]1CC(=O)N(Cc2ccccc2)C1)c1cc2n(n1)CCNC2. The maximum atomic E-state index is 12.5. The molecule has 130 valence electrons. The van der Waals surface area contributed by atoms with Crippen LogP contribution in [0.25, 0.3) is 0 Å². The fourth-order valence-corrected chi connectivity index (χ4v) is 3.39. The van der Waals surface area contributed by atoms with Crippen LogP contribution in [0.3, 0.4) is 0 Å². The Bertz CT molecular complexity index is 763. The van der Waals surface area contributed by atoms with Gasteiger partial charge in [-0.25, -0.2) is 0 Å². The molecule has 0 spiro atoms. The van der Waals surface area contributed by atoms with Gasteiger partial charge in [0.15, 0.2) is 5.69 Å². The van der Waals surface area contributed by atoms with Crippen molar-refractivity contribution in [1.29, 1.82) is 0 Å². The summed E-state index contributed by atoms with van der Waals surface area (Å²) in [5.74, 6) is -0.135. The van der Waals surface area contributed by atoms with Gasteiger partial charge in [0.25, 0.3) is 5.91 Å². The Morgan fingerprint density at radius 3 is 2.96 bits per heavy atom. The third-order valence-electron chi connectivity index (χ3n) is 4.67. The molecular formula is C18H21N5O2. The highest BCUT2D eigenvalue weighted by atomic mass is 16.2. The van der Waals surface area contributed by atoms with Crippen LogP contribution < -0.4 is 10.6 Å². The van der Waals surface area contributed by atoms with Gasteiger partial charge in [0.05, 0.1) is 18.3 Å². The average molecular weight is 339 g/mol. The molecule has 1 fully saturated rings. The number of nitrogens with zero attached hydrogens (tertiary/aromatic N) is 3. The summed E-state index contributed by atoms with van der Waals surface area (Å²) in [6.45, 7) is 3.48. The van der Waals surface area contributed by atoms with Crippen molar-refractivity contribution in [3.8, 4) is 0 Å². The van der Waals surface area contributed by atoms with Crippen molar-refractivity contribution < 1.29 is 9.59 Å². The number of likely N-dealkylation sites (tertiary alicyclic amines) is 1. The summed E-state index contributed by atoms with van der Waals surface area (Å²) in [5, 5.41) is 10.6. The predicted octanol–water partition coefficient (Wildman–Crippen LogP) is 0.517. The zero-order chi connectivity index (χ0) is 17.2. The molecule has 1 aromatic carbocycles. The van der Waals surface area contributed by atoms with E-state index >= 15 is 0 Å². The van der Waals surface area contributed by atoms with Gasteiger partial charge in [-0.1, -0.05) is 30.3 Å². The minimum atomic E-state index is -0.207. The summed E-state index contributed by atoms with van der Waals surface area (Å²) in [5.41, 5.74) is 2.54. The number of carbonyl (C=O) groups is 2. The number of amides is 2. The summed E-state index contributed by atoms with van der Waals surface area (Å²) >= 11 is 0. The van der Waals surface area contributed by atoms with Gasteiger partial charge < -0.3 is 15.5 Å². The van der Waals surface area contributed by atoms with Gasteiger partial charge in [-0.15, -0.1) is 0 Å². The van der Waals surface area contributed by atoms with Crippen LogP contribution in [0, 0.1) is 0 Å². The fourth-order valence-electron chi connectivity index (χ4n) is 3.39. The number of carbonyl (C=O) groups excluding carboxylic acids is 2. The molecule has 4 rings (SSSR count). The summed E-state index contributed by atoms with van der Waals surface area (Å²) in [6, 6.07) is 11.5. The highest BCUT2D eigenvalue weighted by Gasteiger charge is 2.31. The number of fused-ring (bicyclic) bond motifs is 1. The normalized spacial score (nSPS) is 19.8. The molecule has 7 heteroatoms. The van der Waals surface area contributed by atoms with Crippen molar-refractivity contribution in [3.05, 3.63) is 53.3 Å². The van der Waals surface area contributed by atoms with E-state index in [0.29, 0.717) is 25.2 Å². The largest absolute Gasteiger partial charge is 0.346 e. The third kappa shape index (κ3) is 3.41. The van der Waals surface area contributed by atoms with E-state index in [1.54, 1.807) is 4.90 Å². The van der Waals surface area contributed by atoms with Gasteiger partial charge >= 0.3 is 0 Å². The monoisotopic (exact) mass is 339 g/mol. The Hall–Kier alpha value is -2.67. The standard InChI is InChI=1S/C18H21N5O2/c24-17-8-14(12-22(17)11-13-4-2-1-3-5-13)20-18(25)16-9-15-10-19-6-7-23(15)21-16/h1-5,9,14,19H,6-8,10-12H2,(H,20,25)/t14-/m0/s1. The molecule has 3 heterocycles. The maximum absolute atomic E-state index is 12.5. The van der Waals surface area contributed by atoms with E-state index in [1.807, 2.05) is 41.1 Å². The molecule has 2 aromatic rings. The van der Waals surface area contributed by atoms with E-state index in [-0.39, 0.29) is 17.9 Å². The lowest BCUT2D eigenvalue weighted by atomic mass is 10.2. The third-order valence-corrected chi connectivity index (χ3v) is 4.67. The first-order chi connectivity index (χ1) is 12.2. The first-order valence-electron chi connectivity index (χ1n) is 8.59. The molecular weight excluding hydrogens is 318 g/mol. The Morgan fingerprint density at radius 1 is 1.32 bits per heavy atom. The molecule has 1 aromatic heterocycles. The van der Waals surface area contributed by atoms with Crippen molar-refractivity contribution in [1.82, 2.24) is 25.3 Å². The number of benzene rings is 1. The molecule has 0 saturated carbocycles. The van der Waals surface area contributed by atoms with Crippen LogP contribution in [0.5, 0.6) is 0 Å². The topological polar surface area (TPSA) is 79.3 Å². The molecule has 0 radical (unpaired) electrons. The molecule has 7 nitrogen and oxygen atoms in total. The zero-order valence-electron chi connectivity index (χ0n) is 13.9. The van der Waals surface area contributed by atoms with Gasteiger partial charge in [0.2, 0.25) is 5.91 Å². The van der Waals surface area contributed by atoms with Gasteiger partial charge in [-0.05, 0) is 11.6 Å². The van der Waals surface area contributed by atoms with E-state index in [2.05, 4.69) is 15.7 Å². The Labute approximate surface area is 146 Å². The number of rotatable bonds is 4. The molecule has 1 atom stereocenters. The van der Waals surface area contributed by atoms with E-state index in [4.69, 9.17) is 0 Å². The molecule has 0 unspecified atom stereocenters. The summed E-state index contributed by atoms with van der Waals surface area (Å²) in [7, 11) is 0. The molecule has 2 aliphatic heterocycles. The molecule has 2 N–H and O–H groups in total. The number of aromatic nitrogens is 2. The average Bonchev–Trinajstić information content (AvgIpc) is 3.19. The minimum Gasteiger partial charge on any atom is -0.346 e. The molecule has 25 heavy (non-hydrogen) atoms. The summed E-state index contributed by atoms with van der Waals surface area (Å²) < 4.78 is 1.87. The van der Waals surface area contributed by atoms with Crippen LogP contribution in [0.1, 0.15) is 28.2 Å². The lowest BCUT2D eigenvalue weighted by Crippen LogP contribution is -2.37. The van der Waals surface area contributed by atoms with E-state index in [9.17, 15) is 9.59 Å². The molecule has 0 aliphatic carbocycles. The van der Waals surface area contributed by atoms with E-state index in [1.165, 1.54) is 0 Å². The van der Waals surface area contributed by atoms with Crippen LogP contribution >= 0.6 is 0 Å². The van der Waals surface area contributed by atoms with Crippen molar-refractivity contribution in [2.24, 2.45) is 0 Å². The van der Waals surface area contributed by atoms with E-state index in [0.717, 1.165) is 30.9 Å². The van der Waals surface area contributed by atoms with Crippen LogP contribution in [0.2, 0.25) is 0 Å². The highest BCUT2D eigenvalue weighted by molar-refractivity contribution is 5.93. The Kier molecular flexibility index (Phi) is 4.23. The van der Waals surface area contributed by atoms with Gasteiger partial charge in [0, 0.05) is 32.6 Å². The molecule has 1 saturated heterocycles. The maximum Gasteiger partial charge on any atom is 0.272 e. The number of hydrogen-bond acceptors (Lipinski definition) is 4. The van der Waals surface area contributed by atoms with Gasteiger partial charge in [-0.3, -0.25) is 14.3 Å². The smallest absolute Gasteiger partial charge is 0.272 e. The Morgan fingerprint density at radius 2 is 2.16 bits per heavy atom. The second kappa shape index (κ2) is 6.68.